The van der Waals surface area contributed by atoms with Gasteiger partial charge in [0.15, 0.2) is 0 Å². The van der Waals surface area contributed by atoms with E-state index in [4.69, 9.17) is 0 Å². The summed E-state index contributed by atoms with van der Waals surface area (Å²) in [6.07, 6.45) is 1.92. The van der Waals surface area contributed by atoms with Gasteiger partial charge in [0.2, 0.25) is 0 Å². The molecule has 0 bridgehead atoms. The molecule has 0 atom stereocenters. The minimum atomic E-state index is 0. The summed E-state index contributed by atoms with van der Waals surface area (Å²) in [7, 11) is 0. The third-order valence-electron chi connectivity index (χ3n) is 2.11. The fourth-order valence-corrected chi connectivity index (χ4v) is 3.39. The molecule has 0 aliphatic carbocycles. The Kier molecular flexibility index (Phi) is 5.92. The van der Waals surface area contributed by atoms with Crippen LogP contribution in [0.1, 0.15) is 15.3 Å². The molecular weight excluding hydrogens is 328 g/mol. The Balaban J connectivity index is 0.00000128. The highest BCUT2D eigenvalue weighted by Gasteiger charge is 2.03. The number of nitrogens with zero attached hydrogens (tertiary/aromatic N) is 1. The number of rotatable bonds is 4. The molecule has 2 aromatic heterocycles. The molecule has 16 heavy (non-hydrogen) atoms. The molecule has 0 unspecified atom stereocenters. The van der Waals surface area contributed by atoms with Crippen LogP contribution in [0.4, 0.5) is 0 Å². The highest BCUT2D eigenvalue weighted by Crippen LogP contribution is 2.22. The molecule has 0 aliphatic heterocycles. The predicted octanol–water partition coefficient (Wildman–Crippen LogP) is 3.99. The maximum absolute atomic E-state index is 4.15. The SMILES string of the molecule is Cc1cnsc1CNCc1sccc1Br.Cl. The van der Waals surface area contributed by atoms with E-state index >= 15 is 0 Å². The lowest BCUT2D eigenvalue weighted by Gasteiger charge is -2.02. The van der Waals surface area contributed by atoms with Gasteiger partial charge in [0.25, 0.3) is 0 Å². The lowest BCUT2D eigenvalue weighted by atomic mass is 10.3. The first-order valence-electron chi connectivity index (χ1n) is 4.60. The Hall–Kier alpha value is 0.0600. The summed E-state index contributed by atoms with van der Waals surface area (Å²) in [4.78, 5) is 2.67. The molecule has 0 fully saturated rings. The van der Waals surface area contributed by atoms with E-state index in [2.05, 4.69) is 44.0 Å². The summed E-state index contributed by atoms with van der Waals surface area (Å²) in [5.41, 5.74) is 1.28. The molecule has 2 rings (SSSR count). The zero-order valence-electron chi connectivity index (χ0n) is 8.70. The highest BCUT2D eigenvalue weighted by molar-refractivity contribution is 9.10. The summed E-state index contributed by atoms with van der Waals surface area (Å²) in [5.74, 6) is 0. The van der Waals surface area contributed by atoms with Gasteiger partial charge in [0.05, 0.1) is 0 Å². The van der Waals surface area contributed by atoms with Crippen LogP contribution in [-0.2, 0) is 13.1 Å². The number of thiophene rings is 1. The van der Waals surface area contributed by atoms with Crippen molar-refractivity contribution in [1.29, 1.82) is 0 Å². The van der Waals surface area contributed by atoms with Gasteiger partial charge >= 0.3 is 0 Å². The van der Waals surface area contributed by atoms with Crippen molar-refractivity contribution in [3.8, 4) is 0 Å². The number of hydrogen-bond donors (Lipinski definition) is 1. The Morgan fingerprint density at radius 1 is 1.38 bits per heavy atom. The predicted molar refractivity (Wildman–Crippen MR) is 76.7 cm³/mol. The van der Waals surface area contributed by atoms with Crippen molar-refractivity contribution < 1.29 is 0 Å². The molecule has 2 nitrogen and oxygen atoms in total. The second-order valence-corrected chi connectivity index (χ2v) is 5.97. The average molecular weight is 340 g/mol. The van der Waals surface area contributed by atoms with Crippen molar-refractivity contribution in [1.82, 2.24) is 9.69 Å². The minimum absolute atomic E-state index is 0. The van der Waals surface area contributed by atoms with Crippen molar-refractivity contribution >= 4 is 51.2 Å². The fraction of sp³-hybridized carbons (Fsp3) is 0.300. The van der Waals surface area contributed by atoms with Crippen molar-refractivity contribution in [2.24, 2.45) is 0 Å². The Labute approximate surface area is 118 Å². The second kappa shape index (κ2) is 6.71. The summed E-state index contributed by atoms with van der Waals surface area (Å²) in [5, 5.41) is 5.52. The highest BCUT2D eigenvalue weighted by atomic mass is 79.9. The van der Waals surface area contributed by atoms with Gasteiger partial charge in [-0.05, 0) is 51.4 Å². The summed E-state index contributed by atoms with van der Waals surface area (Å²) in [6.45, 7) is 3.91. The smallest absolute Gasteiger partial charge is 0.0439 e. The van der Waals surface area contributed by atoms with E-state index < -0.39 is 0 Å². The van der Waals surface area contributed by atoms with Crippen LogP contribution in [0.2, 0.25) is 0 Å². The van der Waals surface area contributed by atoms with Gasteiger partial charge in [-0.3, -0.25) is 0 Å². The summed E-state index contributed by atoms with van der Waals surface area (Å²) >= 11 is 6.86. The molecule has 6 heteroatoms. The Bertz CT molecular complexity index is 401. The Morgan fingerprint density at radius 3 is 2.69 bits per heavy atom. The van der Waals surface area contributed by atoms with Crippen LogP contribution in [0.25, 0.3) is 0 Å². The summed E-state index contributed by atoms with van der Waals surface area (Å²) in [6, 6.07) is 2.08. The monoisotopic (exact) mass is 338 g/mol. The molecule has 0 amide bonds. The number of aromatic nitrogens is 1. The van der Waals surface area contributed by atoms with E-state index in [1.807, 2.05) is 6.20 Å². The average Bonchev–Trinajstić information content (AvgIpc) is 2.78. The molecule has 0 aliphatic rings. The van der Waals surface area contributed by atoms with Crippen molar-refractivity contribution in [3.05, 3.63) is 37.4 Å². The Morgan fingerprint density at radius 2 is 2.12 bits per heavy atom. The van der Waals surface area contributed by atoms with Crippen molar-refractivity contribution in [2.45, 2.75) is 20.0 Å². The molecule has 0 saturated carbocycles. The van der Waals surface area contributed by atoms with Crippen molar-refractivity contribution in [3.63, 3.8) is 0 Å². The minimum Gasteiger partial charge on any atom is -0.307 e. The third-order valence-corrected chi connectivity index (χ3v) is 4.94. The number of hydrogen-bond acceptors (Lipinski definition) is 4. The van der Waals surface area contributed by atoms with E-state index in [1.54, 1.807) is 22.9 Å². The van der Waals surface area contributed by atoms with Gasteiger partial charge in [-0.25, -0.2) is 4.37 Å². The normalized spacial score (nSPS) is 10.1. The lowest BCUT2D eigenvalue weighted by Crippen LogP contribution is -2.11. The molecule has 88 valence electrons. The van der Waals surface area contributed by atoms with Crippen molar-refractivity contribution in [2.75, 3.05) is 0 Å². The maximum atomic E-state index is 4.15. The second-order valence-electron chi connectivity index (χ2n) is 3.23. The van der Waals surface area contributed by atoms with Gasteiger partial charge < -0.3 is 5.32 Å². The van der Waals surface area contributed by atoms with Gasteiger partial charge in [0.1, 0.15) is 0 Å². The van der Waals surface area contributed by atoms with Gasteiger partial charge in [-0.1, -0.05) is 0 Å². The van der Waals surface area contributed by atoms with Gasteiger partial charge in [0, 0.05) is 33.5 Å². The van der Waals surface area contributed by atoms with E-state index in [1.165, 1.54) is 19.8 Å². The molecule has 2 aromatic rings. The maximum Gasteiger partial charge on any atom is 0.0439 e. The molecule has 2 heterocycles. The number of nitrogens with one attached hydrogen (secondary N) is 1. The van der Waals surface area contributed by atoms with Crippen LogP contribution in [0.3, 0.4) is 0 Å². The van der Waals surface area contributed by atoms with Crippen LogP contribution < -0.4 is 5.32 Å². The zero-order chi connectivity index (χ0) is 10.7. The van der Waals surface area contributed by atoms with Gasteiger partial charge in [-0.2, -0.15) is 0 Å². The quantitative estimate of drug-likeness (QED) is 0.911. The zero-order valence-corrected chi connectivity index (χ0v) is 12.7. The molecule has 0 radical (unpaired) electrons. The molecule has 1 N–H and O–H groups in total. The molecule has 0 saturated heterocycles. The van der Waals surface area contributed by atoms with Gasteiger partial charge in [-0.15, -0.1) is 23.7 Å². The number of halogens is 2. The van der Waals surface area contributed by atoms with Crippen LogP contribution >= 0.6 is 51.2 Å². The largest absolute Gasteiger partial charge is 0.307 e. The molecule has 0 spiro atoms. The van der Waals surface area contributed by atoms with E-state index in [0.29, 0.717) is 0 Å². The van der Waals surface area contributed by atoms with E-state index in [0.717, 1.165) is 13.1 Å². The fourth-order valence-electron chi connectivity index (χ4n) is 1.23. The van der Waals surface area contributed by atoms with Crippen LogP contribution in [0, 0.1) is 6.92 Å². The van der Waals surface area contributed by atoms with E-state index in [-0.39, 0.29) is 12.4 Å². The summed E-state index contributed by atoms with van der Waals surface area (Å²) < 4.78 is 5.35. The molecule has 0 aromatic carbocycles. The lowest BCUT2D eigenvalue weighted by molar-refractivity contribution is 0.705. The first kappa shape index (κ1) is 14.1. The molecular formula is C10H12BrClN2S2. The van der Waals surface area contributed by atoms with E-state index in [9.17, 15) is 0 Å². The van der Waals surface area contributed by atoms with Crippen LogP contribution in [0.5, 0.6) is 0 Å². The number of aryl methyl sites for hydroxylation is 1. The third kappa shape index (κ3) is 3.53. The first-order valence-corrected chi connectivity index (χ1v) is 7.04. The topological polar surface area (TPSA) is 24.9 Å². The standard InChI is InChI=1S/C10H11BrN2S2.ClH/c1-7-4-13-15-9(7)5-12-6-10-8(11)2-3-14-10;/h2-4,12H,5-6H2,1H3;1H. The van der Waals surface area contributed by atoms with Crippen LogP contribution in [-0.4, -0.2) is 4.37 Å². The van der Waals surface area contributed by atoms with Crippen LogP contribution in [0.15, 0.2) is 22.1 Å². The first-order chi connectivity index (χ1) is 7.27.